The standard InChI is InChI=1S/C13H5F5N4/c14-7-6(8(15)10(17)11(18)9(7)16)13-12(20-22-21-13)5-3-1-2-4-19-5/h1-4H,(H,20,21,22). The molecule has 1 N–H and O–H groups in total. The number of halogens is 5. The fourth-order valence-corrected chi connectivity index (χ4v) is 1.90. The van der Waals surface area contributed by atoms with Gasteiger partial charge in [0.15, 0.2) is 23.3 Å². The number of rotatable bonds is 2. The number of hydrogen-bond donors (Lipinski definition) is 1. The van der Waals surface area contributed by atoms with Crippen LogP contribution in [0.15, 0.2) is 24.4 Å². The Labute approximate surface area is 119 Å². The molecule has 2 aromatic heterocycles. The van der Waals surface area contributed by atoms with E-state index in [1.165, 1.54) is 12.3 Å². The number of hydrogen-bond acceptors (Lipinski definition) is 3. The molecule has 3 rings (SSSR count). The van der Waals surface area contributed by atoms with Gasteiger partial charge >= 0.3 is 0 Å². The molecule has 0 fully saturated rings. The van der Waals surface area contributed by atoms with Crippen LogP contribution in [0.25, 0.3) is 22.6 Å². The highest BCUT2D eigenvalue weighted by Crippen LogP contribution is 2.34. The van der Waals surface area contributed by atoms with Gasteiger partial charge in [0.2, 0.25) is 5.82 Å². The van der Waals surface area contributed by atoms with E-state index in [0.717, 1.165) is 0 Å². The number of pyridine rings is 1. The smallest absolute Gasteiger partial charge is 0.200 e. The fourth-order valence-electron chi connectivity index (χ4n) is 1.90. The highest BCUT2D eigenvalue weighted by atomic mass is 19.2. The maximum absolute atomic E-state index is 13.8. The van der Waals surface area contributed by atoms with Crippen molar-refractivity contribution in [3.05, 3.63) is 53.5 Å². The molecule has 0 bridgehead atoms. The number of benzene rings is 1. The summed E-state index contributed by atoms with van der Waals surface area (Å²) in [4.78, 5) is 3.90. The van der Waals surface area contributed by atoms with Gasteiger partial charge in [0, 0.05) is 6.20 Å². The number of aromatic nitrogens is 4. The molecule has 4 nitrogen and oxygen atoms in total. The SMILES string of the molecule is Fc1c(F)c(F)c(-c2n[nH]nc2-c2ccccn2)c(F)c1F. The third-order valence-corrected chi connectivity index (χ3v) is 2.90. The highest BCUT2D eigenvalue weighted by molar-refractivity contribution is 5.76. The van der Waals surface area contributed by atoms with Crippen LogP contribution in [0.4, 0.5) is 22.0 Å². The Hall–Kier alpha value is -2.84. The second kappa shape index (κ2) is 5.17. The van der Waals surface area contributed by atoms with Crippen molar-refractivity contribution < 1.29 is 22.0 Å². The van der Waals surface area contributed by atoms with Gasteiger partial charge in [-0.25, -0.2) is 22.0 Å². The topological polar surface area (TPSA) is 54.5 Å². The third-order valence-electron chi connectivity index (χ3n) is 2.90. The molecule has 0 aliphatic rings. The summed E-state index contributed by atoms with van der Waals surface area (Å²) in [6.45, 7) is 0. The van der Waals surface area contributed by atoms with Gasteiger partial charge in [-0.2, -0.15) is 15.4 Å². The van der Waals surface area contributed by atoms with Crippen molar-refractivity contribution >= 4 is 0 Å². The Morgan fingerprint density at radius 1 is 0.727 bits per heavy atom. The summed E-state index contributed by atoms with van der Waals surface area (Å²) in [5.74, 6) is -10.3. The van der Waals surface area contributed by atoms with Crippen molar-refractivity contribution in [3.8, 4) is 22.6 Å². The van der Waals surface area contributed by atoms with E-state index >= 15 is 0 Å². The van der Waals surface area contributed by atoms with Crippen molar-refractivity contribution in [2.75, 3.05) is 0 Å². The monoisotopic (exact) mass is 312 g/mol. The third kappa shape index (κ3) is 2.01. The van der Waals surface area contributed by atoms with E-state index < -0.39 is 40.3 Å². The molecule has 0 saturated carbocycles. The molecule has 0 radical (unpaired) electrons. The number of aromatic amines is 1. The van der Waals surface area contributed by atoms with E-state index in [9.17, 15) is 22.0 Å². The van der Waals surface area contributed by atoms with Crippen molar-refractivity contribution in [2.45, 2.75) is 0 Å². The van der Waals surface area contributed by atoms with Crippen LogP contribution in [0, 0.1) is 29.1 Å². The summed E-state index contributed by atoms with van der Waals surface area (Å²) in [6, 6.07) is 4.61. The minimum absolute atomic E-state index is 0.135. The first-order chi connectivity index (χ1) is 10.5. The maximum Gasteiger partial charge on any atom is 0.200 e. The zero-order valence-electron chi connectivity index (χ0n) is 10.5. The lowest BCUT2D eigenvalue weighted by Gasteiger charge is -2.07. The Bertz CT molecular complexity index is 818. The van der Waals surface area contributed by atoms with Crippen LogP contribution in [0.1, 0.15) is 0 Å². The van der Waals surface area contributed by atoms with Crippen LogP contribution in [-0.4, -0.2) is 20.4 Å². The van der Waals surface area contributed by atoms with Crippen LogP contribution in [0.3, 0.4) is 0 Å². The second-order valence-corrected chi connectivity index (χ2v) is 4.18. The molecule has 22 heavy (non-hydrogen) atoms. The minimum atomic E-state index is -2.23. The van der Waals surface area contributed by atoms with Crippen LogP contribution in [0.2, 0.25) is 0 Å². The number of H-pyrrole nitrogens is 1. The van der Waals surface area contributed by atoms with E-state index in [4.69, 9.17) is 0 Å². The van der Waals surface area contributed by atoms with Crippen LogP contribution in [-0.2, 0) is 0 Å². The predicted octanol–water partition coefficient (Wildman–Crippen LogP) is 3.23. The van der Waals surface area contributed by atoms with Crippen molar-refractivity contribution in [1.82, 2.24) is 20.4 Å². The van der Waals surface area contributed by atoms with E-state index in [0.29, 0.717) is 0 Å². The Morgan fingerprint density at radius 3 is 1.91 bits per heavy atom. The van der Waals surface area contributed by atoms with E-state index in [2.05, 4.69) is 20.4 Å². The van der Waals surface area contributed by atoms with Crippen molar-refractivity contribution in [2.24, 2.45) is 0 Å². The van der Waals surface area contributed by atoms with Crippen molar-refractivity contribution in [1.29, 1.82) is 0 Å². The molecule has 112 valence electrons. The molecular formula is C13H5F5N4. The summed E-state index contributed by atoms with van der Waals surface area (Å²) in [5.41, 5.74) is -1.66. The quantitative estimate of drug-likeness (QED) is 0.449. The van der Waals surface area contributed by atoms with Gasteiger partial charge in [0.05, 0.1) is 11.3 Å². The van der Waals surface area contributed by atoms with E-state index in [-0.39, 0.29) is 11.4 Å². The van der Waals surface area contributed by atoms with Gasteiger partial charge in [-0.15, -0.1) is 0 Å². The first-order valence-corrected chi connectivity index (χ1v) is 5.86. The molecule has 9 heteroatoms. The molecule has 1 aromatic carbocycles. The summed E-state index contributed by atoms with van der Waals surface area (Å²) in [7, 11) is 0. The van der Waals surface area contributed by atoms with Crippen LogP contribution < -0.4 is 0 Å². The number of nitrogens with one attached hydrogen (secondary N) is 1. The largest absolute Gasteiger partial charge is 0.254 e. The Morgan fingerprint density at radius 2 is 1.32 bits per heavy atom. The molecule has 3 aromatic rings. The average Bonchev–Trinajstić information content (AvgIpc) is 3.01. The lowest BCUT2D eigenvalue weighted by atomic mass is 10.1. The molecule has 0 aliphatic heterocycles. The predicted molar refractivity (Wildman–Crippen MR) is 64.8 cm³/mol. The summed E-state index contributed by atoms with van der Waals surface area (Å²) in [6.07, 6.45) is 1.38. The second-order valence-electron chi connectivity index (χ2n) is 4.18. The lowest BCUT2D eigenvalue weighted by molar-refractivity contribution is 0.381. The lowest BCUT2D eigenvalue weighted by Crippen LogP contribution is -2.05. The zero-order valence-corrected chi connectivity index (χ0v) is 10.5. The van der Waals surface area contributed by atoms with Gasteiger partial charge in [-0.1, -0.05) is 6.07 Å². The normalized spacial score (nSPS) is 11.0. The van der Waals surface area contributed by atoms with Crippen molar-refractivity contribution in [3.63, 3.8) is 0 Å². The molecule has 2 heterocycles. The van der Waals surface area contributed by atoms with E-state index in [1.54, 1.807) is 12.1 Å². The number of nitrogens with zero attached hydrogens (tertiary/aromatic N) is 3. The molecule has 0 spiro atoms. The fraction of sp³-hybridized carbons (Fsp3) is 0. The summed E-state index contributed by atoms with van der Waals surface area (Å²) in [5, 5.41) is 9.23. The molecule has 0 aliphatic carbocycles. The van der Waals surface area contributed by atoms with E-state index in [1.807, 2.05) is 0 Å². The molecule has 0 saturated heterocycles. The highest BCUT2D eigenvalue weighted by Gasteiger charge is 2.30. The van der Waals surface area contributed by atoms with Gasteiger partial charge < -0.3 is 0 Å². The van der Waals surface area contributed by atoms with Crippen LogP contribution >= 0.6 is 0 Å². The molecule has 0 amide bonds. The summed E-state index contributed by atoms with van der Waals surface area (Å²) < 4.78 is 67.3. The summed E-state index contributed by atoms with van der Waals surface area (Å²) >= 11 is 0. The maximum atomic E-state index is 13.8. The zero-order chi connectivity index (χ0) is 15.9. The molecule has 0 atom stereocenters. The Balaban J connectivity index is 2.29. The molecule has 0 unspecified atom stereocenters. The first kappa shape index (κ1) is 14.1. The molecular weight excluding hydrogens is 307 g/mol. The average molecular weight is 312 g/mol. The van der Waals surface area contributed by atoms with Crippen LogP contribution in [0.5, 0.6) is 0 Å². The van der Waals surface area contributed by atoms with Gasteiger partial charge in [-0.05, 0) is 12.1 Å². The minimum Gasteiger partial charge on any atom is -0.254 e. The van der Waals surface area contributed by atoms with Gasteiger partial charge in [0.1, 0.15) is 11.4 Å². The first-order valence-electron chi connectivity index (χ1n) is 5.86. The van der Waals surface area contributed by atoms with Gasteiger partial charge in [-0.3, -0.25) is 4.98 Å². The van der Waals surface area contributed by atoms with Gasteiger partial charge in [0.25, 0.3) is 0 Å². The Kier molecular flexibility index (Phi) is 3.32.